The van der Waals surface area contributed by atoms with Gasteiger partial charge in [-0.2, -0.15) is 0 Å². The smallest absolute Gasteiger partial charge is 0.210 e. The van der Waals surface area contributed by atoms with Crippen molar-refractivity contribution >= 4 is 48.9 Å². The van der Waals surface area contributed by atoms with Crippen molar-refractivity contribution in [3.05, 3.63) is 50.8 Å². The number of sulfonamides is 1. The molecule has 1 aromatic carbocycles. The van der Waals surface area contributed by atoms with E-state index in [0.717, 1.165) is 16.9 Å². The quantitative estimate of drug-likeness (QED) is 0.796. The van der Waals surface area contributed by atoms with E-state index in [-0.39, 0.29) is 9.62 Å². The van der Waals surface area contributed by atoms with Crippen LogP contribution in [0.4, 0.5) is 0 Å². The van der Waals surface area contributed by atoms with Crippen LogP contribution in [-0.4, -0.2) is 15.0 Å². The van der Waals surface area contributed by atoms with Gasteiger partial charge in [0.15, 0.2) is 0 Å². The summed E-state index contributed by atoms with van der Waals surface area (Å²) < 4.78 is 28.1. The summed E-state index contributed by atoms with van der Waals surface area (Å²) in [6, 6.07) is 11.3. The van der Waals surface area contributed by atoms with Gasteiger partial charge in [0.2, 0.25) is 10.0 Å². The molecule has 0 saturated carbocycles. The number of hydrogen-bond acceptors (Lipinski definition) is 3. The SMILES string of the molecule is CC(C)(CNS(=O)(=O)c1cc(Cl)c(Br)s1)c1ccccc1. The summed E-state index contributed by atoms with van der Waals surface area (Å²) in [5.41, 5.74) is 0.783. The first-order chi connectivity index (χ1) is 9.72. The third-order valence-corrected chi connectivity index (χ3v) is 7.50. The fraction of sp³-hybridized carbons (Fsp3) is 0.286. The number of hydrogen-bond donors (Lipinski definition) is 1. The van der Waals surface area contributed by atoms with Crippen molar-refractivity contribution in [2.24, 2.45) is 0 Å². The highest BCUT2D eigenvalue weighted by atomic mass is 79.9. The third-order valence-electron chi connectivity index (χ3n) is 3.15. The fourth-order valence-corrected chi connectivity index (χ4v) is 5.45. The van der Waals surface area contributed by atoms with Crippen molar-refractivity contribution in [1.82, 2.24) is 4.72 Å². The topological polar surface area (TPSA) is 46.2 Å². The number of rotatable bonds is 5. The standard InChI is InChI=1S/C14H15BrClNO2S2/c1-14(2,10-6-4-3-5-7-10)9-17-21(18,19)12-8-11(16)13(15)20-12/h3-8,17H,9H2,1-2H3. The Bertz CT molecular complexity index is 707. The first-order valence-corrected chi connectivity index (χ1v) is 9.69. The molecule has 1 heterocycles. The lowest BCUT2D eigenvalue weighted by atomic mass is 9.85. The van der Waals surface area contributed by atoms with Crippen molar-refractivity contribution in [3.63, 3.8) is 0 Å². The number of benzene rings is 1. The molecule has 2 aromatic rings. The van der Waals surface area contributed by atoms with Crippen molar-refractivity contribution in [3.8, 4) is 0 Å². The maximum Gasteiger partial charge on any atom is 0.250 e. The predicted octanol–water partition coefficient (Wildman–Crippen LogP) is 4.42. The molecule has 2 rings (SSSR count). The Hall–Kier alpha value is -0.400. The van der Waals surface area contributed by atoms with Crippen LogP contribution in [0.25, 0.3) is 0 Å². The fourth-order valence-electron chi connectivity index (χ4n) is 1.80. The van der Waals surface area contributed by atoms with Gasteiger partial charge in [-0.15, -0.1) is 11.3 Å². The van der Waals surface area contributed by atoms with Crippen LogP contribution >= 0.6 is 38.9 Å². The minimum Gasteiger partial charge on any atom is -0.210 e. The van der Waals surface area contributed by atoms with Gasteiger partial charge >= 0.3 is 0 Å². The number of nitrogens with one attached hydrogen (secondary N) is 1. The predicted molar refractivity (Wildman–Crippen MR) is 91.7 cm³/mol. The van der Waals surface area contributed by atoms with E-state index in [1.165, 1.54) is 6.07 Å². The van der Waals surface area contributed by atoms with Crippen molar-refractivity contribution < 1.29 is 8.42 Å². The summed E-state index contributed by atoms with van der Waals surface area (Å²) in [6.07, 6.45) is 0. The van der Waals surface area contributed by atoms with Crippen LogP contribution < -0.4 is 4.72 Å². The Morgan fingerprint density at radius 1 is 1.29 bits per heavy atom. The van der Waals surface area contributed by atoms with E-state index in [2.05, 4.69) is 20.7 Å². The monoisotopic (exact) mass is 407 g/mol. The zero-order chi connectivity index (χ0) is 15.7. The molecule has 0 amide bonds. The Morgan fingerprint density at radius 2 is 1.90 bits per heavy atom. The van der Waals surface area contributed by atoms with E-state index in [0.29, 0.717) is 15.4 Å². The Morgan fingerprint density at radius 3 is 2.43 bits per heavy atom. The molecule has 0 aliphatic carbocycles. The van der Waals surface area contributed by atoms with Crippen LogP contribution in [0.3, 0.4) is 0 Å². The van der Waals surface area contributed by atoms with Crippen molar-refractivity contribution in [2.75, 3.05) is 6.54 Å². The average Bonchev–Trinajstić information content (AvgIpc) is 2.79. The van der Waals surface area contributed by atoms with Gasteiger partial charge in [-0.3, -0.25) is 0 Å². The molecule has 0 atom stereocenters. The summed E-state index contributed by atoms with van der Waals surface area (Å²) in [6.45, 7) is 4.32. The lowest BCUT2D eigenvalue weighted by Crippen LogP contribution is -2.36. The highest BCUT2D eigenvalue weighted by molar-refractivity contribution is 9.11. The molecule has 114 valence electrons. The summed E-state index contributed by atoms with van der Waals surface area (Å²) in [7, 11) is -3.55. The maximum atomic E-state index is 12.3. The van der Waals surface area contributed by atoms with E-state index in [4.69, 9.17) is 11.6 Å². The van der Waals surface area contributed by atoms with Crippen LogP contribution in [0.15, 0.2) is 44.4 Å². The summed E-state index contributed by atoms with van der Waals surface area (Å²) in [5, 5.41) is 0.405. The molecule has 0 radical (unpaired) electrons. The molecular formula is C14H15BrClNO2S2. The van der Waals surface area contributed by atoms with Gasteiger partial charge in [-0.25, -0.2) is 13.1 Å². The van der Waals surface area contributed by atoms with Crippen molar-refractivity contribution in [1.29, 1.82) is 0 Å². The normalized spacial score (nSPS) is 12.6. The second-order valence-electron chi connectivity index (χ2n) is 5.26. The van der Waals surface area contributed by atoms with E-state index in [1.54, 1.807) is 0 Å². The van der Waals surface area contributed by atoms with Crippen LogP contribution in [-0.2, 0) is 15.4 Å². The van der Waals surface area contributed by atoms with Gasteiger partial charge in [0.1, 0.15) is 4.21 Å². The van der Waals surface area contributed by atoms with E-state index < -0.39 is 10.0 Å². The van der Waals surface area contributed by atoms with Crippen LogP contribution in [0.5, 0.6) is 0 Å². The van der Waals surface area contributed by atoms with Gasteiger partial charge in [0.05, 0.1) is 8.81 Å². The van der Waals surface area contributed by atoms with E-state index in [1.807, 2.05) is 44.2 Å². The van der Waals surface area contributed by atoms with E-state index >= 15 is 0 Å². The van der Waals surface area contributed by atoms with E-state index in [9.17, 15) is 8.42 Å². The third kappa shape index (κ3) is 4.07. The molecule has 0 bridgehead atoms. The Labute approximate surface area is 142 Å². The van der Waals surface area contributed by atoms with Gasteiger partial charge in [-0.05, 0) is 27.6 Å². The van der Waals surface area contributed by atoms with Crippen LogP contribution in [0.2, 0.25) is 5.02 Å². The highest BCUT2D eigenvalue weighted by Crippen LogP contribution is 2.34. The molecule has 7 heteroatoms. The minimum atomic E-state index is -3.55. The highest BCUT2D eigenvalue weighted by Gasteiger charge is 2.25. The zero-order valence-electron chi connectivity index (χ0n) is 11.6. The average molecular weight is 409 g/mol. The molecule has 1 aromatic heterocycles. The molecule has 3 nitrogen and oxygen atoms in total. The van der Waals surface area contributed by atoms with Crippen LogP contribution in [0, 0.1) is 0 Å². The zero-order valence-corrected chi connectivity index (χ0v) is 15.5. The Balaban J connectivity index is 2.15. The minimum absolute atomic E-state index is 0.211. The van der Waals surface area contributed by atoms with Gasteiger partial charge in [0, 0.05) is 12.0 Å². The Kier molecular flexibility index (Phi) is 5.15. The van der Waals surface area contributed by atoms with Gasteiger partial charge < -0.3 is 0 Å². The molecule has 0 saturated heterocycles. The summed E-state index contributed by atoms with van der Waals surface area (Å²) in [5.74, 6) is 0. The van der Waals surface area contributed by atoms with Crippen LogP contribution in [0.1, 0.15) is 19.4 Å². The largest absolute Gasteiger partial charge is 0.250 e. The molecule has 0 aliphatic rings. The second-order valence-corrected chi connectivity index (χ2v) is 10.0. The molecule has 21 heavy (non-hydrogen) atoms. The number of thiophene rings is 1. The maximum absolute atomic E-state index is 12.3. The summed E-state index contributed by atoms with van der Waals surface area (Å²) >= 11 is 10.2. The first kappa shape index (κ1) is 17.0. The summed E-state index contributed by atoms with van der Waals surface area (Å²) in [4.78, 5) is 0. The molecule has 0 unspecified atom stereocenters. The van der Waals surface area contributed by atoms with Gasteiger partial charge in [-0.1, -0.05) is 55.8 Å². The first-order valence-electron chi connectivity index (χ1n) is 6.22. The van der Waals surface area contributed by atoms with Gasteiger partial charge in [0.25, 0.3) is 0 Å². The molecule has 0 aliphatic heterocycles. The molecule has 0 fully saturated rings. The molecule has 0 spiro atoms. The lowest BCUT2D eigenvalue weighted by Gasteiger charge is -2.25. The number of halogens is 2. The molecule has 1 N–H and O–H groups in total. The molecular weight excluding hydrogens is 394 g/mol. The van der Waals surface area contributed by atoms with Crippen molar-refractivity contribution in [2.45, 2.75) is 23.5 Å². The lowest BCUT2D eigenvalue weighted by molar-refractivity contribution is 0.502. The second kappa shape index (κ2) is 6.38.